The molecule has 0 N–H and O–H groups in total. The summed E-state index contributed by atoms with van der Waals surface area (Å²) in [5.74, 6) is 0.895. The van der Waals surface area contributed by atoms with Gasteiger partial charge in [0.15, 0.2) is 5.65 Å². The molecule has 0 saturated heterocycles. The first-order valence-corrected chi connectivity index (χ1v) is 9.22. The van der Waals surface area contributed by atoms with Crippen LogP contribution in [0, 0.1) is 0 Å². The number of ether oxygens (including phenoxy) is 1. The summed E-state index contributed by atoms with van der Waals surface area (Å²) in [5, 5.41) is 6.00. The molecule has 3 aromatic heterocycles. The molecule has 7 heteroatoms. The van der Waals surface area contributed by atoms with E-state index < -0.39 is 0 Å². The summed E-state index contributed by atoms with van der Waals surface area (Å²) >= 11 is 0. The van der Waals surface area contributed by atoms with Gasteiger partial charge < -0.3 is 9.15 Å². The second kappa shape index (κ2) is 6.87. The van der Waals surface area contributed by atoms with E-state index in [0.717, 1.165) is 23.1 Å². The monoisotopic (exact) mass is 384 g/mol. The highest BCUT2D eigenvalue weighted by molar-refractivity contribution is 5.83. The minimum Gasteiger partial charge on any atom is -0.438 e. The van der Waals surface area contributed by atoms with Crippen LogP contribution < -0.4 is 10.4 Å². The normalized spacial score (nSPS) is 11.2. The lowest BCUT2D eigenvalue weighted by molar-refractivity contribution is 0.466. The molecular weight excluding hydrogens is 368 g/mol. The minimum absolute atomic E-state index is 0.375. The van der Waals surface area contributed by atoms with E-state index >= 15 is 0 Å². The molecule has 2 aromatic carbocycles. The topological polar surface area (TPSA) is 83.0 Å². The van der Waals surface area contributed by atoms with Crippen LogP contribution in [-0.4, -0.2) is 19.7 Å². The van der Waals surface area contributed by atoms with Crippen LogP contribution >= 0.6 is 0 Å². The van der Waals surface area contributed by atoms with Crippen molar-refractivity contribution in [1.82, 2.24) is 19.7 Å². The Balaban J connectivity index is 1.57. The van der Waals surface area contributed by atoms with Crippen LogP contribution in [0.3, 0.4) is 0 Å². The largest absolute Gasteiger partial charge is 0.438 e. The average Bonchev–Trinajstić information content (AvgIpc) is 3.19. The molecule has 0 aliphatic heterocycles. The molecule has 0 fully saturated rings. The van der Waals surface area contributed by atoms with Gasteiger partial charge in [-0.3, -0.25) is 0 Å². The van der Waals surface area contributed by atoms with E-state index in [2.05, 4.69) is 15.1 Å². The summed E-state index contributed by atoms with van der Waals surface area (Å²) in [5.41, 5.74) is 2.59. The predicted octanol–water partition coefficient (Wildman–Crippen LogP) is 4.28. The van der Waals surface area contributed by atoms with Crippen molar-refractivity contribution in [3.05, 3.63) is 83.1 Å². The summed E-state index contributed by atoms with van der Waals surface area (Å²) in [7, 11) is 0. The summed E-state index contributed by atoms with van der Waals surface area (Å²) in [4.78, 5) is 20.4. The van der Waals surface area contributed by atoms with E-state index in [-0.39, 0.29) is 5.63 Å². The molecule has 0 saturated carbocycles. The molecule has 29 heavy (non-hydrogen) atoms. The maximum absolute atomic E-state index is 11.8. The van der Waals surface area contributed by atoms with Crippen molar-refractivity contribution in [2.24, 2.45) is 0 Å². The fourth-order valence-corrected chi connectivity index (χ4v) is 3.34. The lowest BCUT2D eigenvalue weighted by Gasteiger charge is -2.08. The predicted molar refractivity (Wildman–Crippen MR) is 109 cm³/mol. The van der Waals surface area contributed by atoms with Gasteiger partial charge >= 0.3 is 5.63 Å². The Kier molecular flexibility index (Phi) is 4.05. The van der Waals surface area contributed by atoms with Gasteiger partial charge in [0.25, 0.3) is 0 Å². The van der Waals surface area contributed by atoms with Gasteiger partial charge in [-0.1, -0.05) is 25.1 Å². The van der Waals surface area contributed by atoms with Gasteiger partial charge in [-0.15, -0.1) is 0 Å². The molecule has 142 valence electrons. The number of nitrogens with zero attached hydrogens (tertiary/aromatic N) is 4. The van der Waals surface area contributed by atoms with E-state index in [1.807, 2.05) is 49.4 Å². The molecule has 3 heterocycles. The highest BCUT2D eigenvalue weighted by atomic mass is 16.5. The number of para-hydroxylation sites is 1. The number of aryl methyl sites for hydroxylation is 1. The van der Waals surface area contributed by atoms with Crippen LogP contribution in [-0.2, 0) is 6.42 Å². The zero-order chi connectivity index (χ0) is 19.8. The van der Waals surface area contributed by atoms with E-state index in [0.29, 0.717) is 28.2 Å². The van der Waals surface area contributed by atoms with Crippen LogP contribution in [0.2, 0.25) is 0 Å². The number of benzene rings is 2. The smallest absolute Gasteiger partial charge is 0.336 e. The van der Waals surface area contributed by atoms with Crippen molar-refractivity contribution < 1.29 is 9.15 Å². The molecule has 0 spiro atoms. The van der Waals surface area contributed by atoms with Gasteiger partial charge in [0.05, 0.1) is 11.9 Å². The van der Waals surface area contributed by atoms with Gasteiger partial charge in [-0.2, -0.15) is 5.10 Å². The summed E-state index contributed by atoms with van der Waals surface area (Å²) < 4.78 is 13.1. The van der Waals surface area contributed by atoms with Crippen LogP contribution in [0.1, 0.15) is 12.5 Å². The standard InChI is InChI=1S/C22H16N4O3/c1-2-14-10-20(27)29-19-11-16(8-9-17(14)19)28-22-18-12-25-26(21(18)23-13-24-22)15-6-4-3-5-7-15/h3-13H,2H2,1H3. The maximum Gasteiger partial charge on any atom is 0.336 e. The van der Waals surface area contributed by atoms with Gasteiger partial charge in [0.1, 0.15) is 23.0 Å². The second-order valence-electron chi connectivity index (χ2n) is 6.51. The first-order valence-electron chi connectivity index (χ1n) is 9.22. The van der Waals surface area contributed by atoms with E-state index in [1.54, 1.807) is 16.9 Å². The molecule has 0 unspecified atom stereocenters. The number of aromatic nitrogens is 4. The molecule has 0 bridgehead atoms. The molecule has 5 aromatic rings. The van der Waals surface area contributed by atoms with Crippen LogP contribution in [0.15, 0.2) is 76.3 Å². The molecule has 0 atom stereocenters. The fourth-order valence-electron chi connectivity index (χ4n) is 3.34. The molecule has 0 aliphatic rings. The Morgan fingerprint density at radius 2 is 1.90 bits per heavy atom. The van der Waals surface area contributed by atoms with Gasteiger partial charge in [-0.25, -0.2) is 19.4 Å². The SMILES string of the molecule is CCc1cc(=O)oc2cc(Oc3ncnc4c3cnn4-c3ccccc3)ccc12. The minimum atomic E-state index is -0.375. The third-order valence-corrected chi connectivity index (χ3v) is 4.73. The molecule has 5 rings (SSSR count). The lowest BCUT2D eigenvalue weighted by atomic mass is 10.1. The van der Waals surface area contributed by atoms with E-state index in [4.69, 9.17) is 9.15 Å². The zero-order valence-electron chi connectivity index (χ0n) is 15.6. The van der Waals surface area contributed by atoms with Crippen LogP contribution in [0.25, 0.3) is 27.7 Å². The van der Waals surface area contributed by atoms with Gasteiger partial charge in [-0.05, 0) is 36.2 Å². The lowest BCUT2D eigenvalue weighted by Crippen LogP contribution is -2.00. The fraction of sp³-hybridized carbons (Fsp3) is 0.0909. The van der Waals surface area contributed by atoms with Crippen molar-refractivity contribution in [3.8, 4) is 17.3 Å². The van der Waals surface area contributed by atoms with Crippen molar-refractivity contribution in [3.63, 3.8) is 0 Å². The number of rotatable bonds is 4. The Morgan fingerprint density at radius 1 is 1.03 bits per heavy atom. The Bertz CT molecular complexity index is 1390. The quantitative estimate of drug-likeness (QED) is 0.430. The highest BCUT2D eigenvalue weighted by Gasteiger charge is 2.13. The van der Waals surface area contributed by atoms with E-state index in [9.17, 15) is 4.79 Å². The van der Waals surface area contributed by atoms with Crippen molar-refractivity contribution >= 4 is 22.0 Å². The molecule has 0 aliphatic carbocycles. The van der Waals surface area contributed by atoms with Crippen molar-refractivity contribution in [2.75, 3.05) is 0 Å². The maximum atomic E-state index is 11.8. The molecular formula is C22H16N4O3. The Labute approximate surface area is 165 Å². The third kappa shape index (κ3) is 3.02. The van der Waals surface area contributed by atoms with Crippen LogP contribution in [0.5, 0.6) is 11.6 Å². The first-order chi connectivity index (χ1) is 14.2. The zero-order valence-corrected chi connectivity index (χ0v) is 15.6. The molecule has 0 radical (unpaired) electrons. The van der Waals surface area contributed by atoms with Gasteiger partial charge in [0, 0.05) is 17.5 Å². The average molecular weight is 384 g/mol. The summed E-state index contributed by atoms with van der Waals surface area (Å²) in [6, 6.07) is 16.7. The highest BCUT2D eigenvalue weighted by Crippen LogP contribution is 2.30. The summed E-state index contributed by atoms with van der Waals surface area (Å²) in [6.45, 7) is 2.00. The summed E-state index contributed by atoms with van der Waals surface area (Å²) in [6.07, 6.45) is 3.86. The van der Waals surface area contributed by atoms with Crippen LogP contribution in [0.4, 0.5) is 0 Å². The van der Waals surface area contributed by atoms with E-state index in [1.165, 1.54) is 12.4 Å². The molecule has 0 amide bonds. The Morgan fingerprint density at radius 3 is 2.72 bits per heavy atom. The number of hydrogen-bond acceptors (Lipinski definition) is 6. The van der Waals surface area contributed by atoms with Gasteiger partial charge in [0.2, 0.25) is 5.88 Å². The number of hydrogen-bond donors (Lipinski definition) is 0. The number of fused-ring (bicyclic) bond motifs is 2. The van der Waals surface area contributed by atoms with Crippen molar-refractivity contribution in [2.45, 2.75) is 13.3 Å². The Hall–Kier alpha value is -4.00. The van der Waals surface area contributed by atoms with Crippen molar-refractivity contribution in [1.29, 1.82) is 0 Å². The molecule has 7 nitrogen and oxygen atoms in total. The first kappa shape index (κ1) is 17.1. The second-order valence-corrected chi connectivity index (χ2v) is 6.51. The third-order valence-electron chi connectivity index (χ3n) is 4.73.